The average molecular weight is 782 g/mol. The summed E-state index contributed by atoms with van der Waals surface area (Å²) in [6.45, 7) is 7.06. The number of halogens is 2. The van der Waals surface area contributed by atoms with Gasteiger partial charge in [0.15, 0.2) is 0 Å². The van der Waals surface area contributed by atoms with E-state index in [1.54, 1.807) is 0 Å². The van der Waals surface area contributed by atoms with Crippen LogP contribution >= 0.6 is 17.0 Å². The molecule has 0 radical (unpaired) electrons. The predicted octanol–water partition coefficient (Wildman–Crippen LogP) is 13.7. The van der Waals surface area contributed by atoms with E-state index in [4.69, 9.17) is 17.0 Å². The minimum atomic E-state index is -5.09. The first-order valence-corrected chi connectivity index (χ1v) is 32.8. The Hall–Kier alpha value is -3.72. The number of rotatable bonds is 5. The van der Waals surface area contributed by atoms with Crippen LogP contribution < -0.4 is 0 Å². The van der Waals surface area contributed by atoms with Gasteiger partial charge in [0, 0.05) is 0 Å². The Labute approximate surface area is 302 Å². The van der Waals surface area contributed by atoms with Gasteiger partial charge in [0.25, 0.3) is 0 Å². The quantitative estimate of drug-likeness (QED) is 0.167. The molecule has 9 rings (SSSR count). The second-order valence-electron chi connectivity index (χ2n) is 14.3. The standard InChI is InChI=1S/C27H18N.C16H13.C2H6Si.2ClH.Zr/c1-2-8-18(9-3-1)21-12-6-10-19-16-20(17-25(19)21)22-13-7-14-24-23-11-4-5-15-26(23)28-27(22)24;1-12-10-14-8-5-9-15(16(14)11-12)13-6-3-2-4-7-13;1-3-2;;;/h1-17,28H;2-11H,1H3;1-2H3;2*1H;/q;;;;;+2/p-2. The van der Waals surface area contributed by atoms with Crippen LogP contribution in [0.3, 0.4) is 0 Å². The topological polar surface area (TPSA) is 15.8 Å². The number of allylic oxidation sites excluding steroid dienone is 2. The molecule has 0 aliphatic heterocycles. The van der Waals surface area contributed by atoms with E-state index < -0.39 is 20.4 Å². The summed E-state index contributed by atoms with van der Waals surface area (Å²) in [6, 6.07) is 50.3. The number of para-hydroxylation sites is 2. The van der Waals surface area contributed by atoms with E-state index in [0.717, 1.165) is 11.0 Å². The van der Waals surface area contributed by atoms with Crippen LogP contribution in [0.25, 0.3) is 61.8 Å². The molecule has 2 aliphatic rings. The second-order valence-corrected chi connectivity index (χ2v) is 53.0. The van der Waals surface area contributed by atoms with Gasteiger partial charge in [-0.3, -0.25) is 0 Å². The van der Waals surface area contributed by atoms with Crippen molar-refractivity contribution in [1.29, 1.82) is 0 Å². The van der Waals surface area contributed by atoms with Crippen molar-refractivity contribution in [3.8, 4) is 22.3 Å². The fourth-order valence-corrected chi connectivity index (χ4v) is 38.1. The van der Waals surface area contributed by atoms with Crippen LogP contribution in [0, 0.1) is 0 Å². The van der Waals surface area contributed by atoms with Gasteiger partial charge in [-0.1, -0.05) is 0 Å². The third-order valence-electron chi connectivity index (χ3n) is 11.4. The molecule has 1 N–H and O–H groups in total. The SMILES string of the molecule is CC1=Cc2c(-c3ccccc3)cccc2[CH]1[Zr]([Cl])([Cl])([CH]1C(c2cccc3c2[nH]c2ccccc23)=Cc2c(-c3ccccc3)cccc21)=[Si](C)C. The predicted molar refractivity (Wildman–Crippen MR) is 216 cm³/mol. The molecular formula is C45H37Cl2NSiZr. The van der Waals surface area contributed by atoms with Gasteiger partial charge >= 0.3 is 304 Å². The van der Waals surface area contributed by atoms with E-state index >= 15 is 0 Å². The van der Waals surface area contributed by atoms with Gasteiger partial charge in [0.2, 0.25) is 0 Å². The fraction of sp³-hybridized carbons (Fsp3) is 0.111. The summed E-state index contributed by atoms with van der Waals surface area (Å²) in [4.78, 5) is 3.82. The molecule has 2 aliphatic carbocycles. The molecule has 1 nitrogen and oxygen atoms in total. The number of H-pyrrole nitrogens is 1. The average Bonchev–Trinajstić information content (AvgIpc) is 3.83. The van der Waals surface area contributed by atoms with Crippen molar-refractivity contribution in [3.05, 3.63) is 173 Å². The minimum absolute atomic E-state index is 0.0102. The van der Waals surface area contributed by atoms with Gasteiger partial charge in [-0.05, 0) is 0 Å². The van der Waals surface area contributed by atoms with Crippen LogP contribution in [0.4, 0.5) is 0 Å². The molecule has 50 heavy (non-hydrogen) atoms. The summed E-state index contributed by atoms with van der Waals surface area (Å²) < 4.78 is -0.108. The molecule has 2 unspecified atom stereocenters. The number of aromatic amines is 1. The molecular weight excluding hydrogens is 745 g/mol. The van der Waals surface area contributed by atoms with Crippen molar-refractivity contribution >= 4 is 62.0 Å². The number of aromatic nitrogens is 1. The Morgan fingerprint density at radius 1 is 0.540 bits per heavy atom. The molecule has 0 amide bonds. The van der Waals surface area contributed by atoms with Crippen LogP contribution in [-0.4, -0.2) is 10.4 Å². The molecule has 0 bridgehead atoms. The molecule has 1 aromatic heterocycles. The van der Waals surface area contributed by atoms with Gasteiger partial charge in [-0.15, -0.1) is 0 Å². The fourth-order valence-electron chi connectivity index (χ4n) is 9.06. The maximum absolute atomic E-state index is 8.79. The van der Waals surface area contributed by atoms with Crippen molar-refractivity contribution in [3.63, 3.8) is 0 Å². The summed E-state index contributed by atoms with van der Waals surface area (Å²) in [5.41, 5.74) is 14.7. The molecule has 0 saturated carbocycles. The van der Waals surface area contributed by atoms with Gasteiger partial charge in [-0.2, -0.15) is 0 Å². The molecule has 5 heteroatoms. The Balaban J connectivity index is 1.35. The van der Waals surface area contributed by atoms with Gasteiger partial charge < -0.3 is 0 Å². The zero-order chi connectivity index (χ0) is 34.2. The maximum atomic E-state index is 8.79. The van der Waals surface area contributed by atoms with Crippen LogP contribution in [0.1, 0.15) is 42.0 Å². The number of nitrogens with one attached hydrogen (secondary N) is 1. The van der Waals surface area contributed by atoms with Crippen molar-refractivity contribution < 1.29 is 15.0 Å². The molecule has 2 atom stereocenters. The van der Waals surface area contributed by atoms with Crippen LogP contribution in [-0.2, 0) is 15.0 Å². The van der Waals surface area contributed by atoms with E-state index in [9.17, 15) is 0 Å². The summed E-state index contributed by atoms with van der Waals surface area (Å²) in [7, 11) is 17.6. The van der Waals surface area contributed by atoms with E-state index in [-0.39, 0.29) is 7.25 Å². The second kappa shape index (κ2) is 11.9. The Bertz CT molecular complexity index is 2640. The Kier molecular flexibility index (Phi) is 7.68. The van der Waals surface area contributed by atoms with Gasteiger partial charge in [0.1, 0.15) is 0 Å². The Morgan fingerprint density at radius 2 is 1.06 bits per heavy atom. The Morgan fingerprint density at radius 3 is 1.70 bits per heavy atom. The van der Waals surface area contributed by atoms with Crippen molar-refractivity contribution in [2.45, 2.75) is 27.3 Å². The van der Waals surface area contributed by atoms with Crippen molar-refractivity contribution in [2.24, 2.45) is 0 Å². The molecule has 0 spiro atoms. The van der Waals surface area contributed by atoms with Crippen LogP contribution in [0.5, 0.6) is 0 Å². The van der Waals surface area contributed by atoms with Gasteiger partial charge in [-0.25, -0.2) is 0 Å². The number of benzene rings is 6. The molecule has 6 aromatic carbocycles. The van der Waals surface area contributed by atoms with E-state index in [0.29, 0.717) is 0 Å². The molecule has 7 aromatic rings. The number of hydrogen-bond donors (Lipinski definition) is 1. The number of hydrogen-bond acceptors (Lipinski definition) is 0. The summed E-state index contributed by atoms with van der Waals surface area (Å²) in [6.07, 6.45) is 4.84. The van der Waals surface area contributed by atoms with E-state index in [1.165, 1.54) is 72.0 Å². The molecule has 0 fully saturated rings. The first-order valence-electron chi connectivity index (χ1n) is 17.4. The molecule has 244 valence electrons. The first-order chi connectivity index (χ1) is 24.2. The van der Waals surface area contributed by atoms with E-state index in [2.05, 4.69) is 177 Å². The van der Waals surface area contributed by atoms with Crippen molar-refractivity contribution in [1.82, 2.24) is 4.98 Å². The van der Waals surface area contributed by atoms with Gasteiger partial charge in [0.05, 0.1) is 0 Å². The summed E-state index contributed by atoms with van der Waals surface area (Å²) in [5.74, 6) is 0. The van der Waals surface area contributed by atoms with Crippen LogP contribution in [0.15, 0.2) is 145 Å². The summed E-state index contributed by atoms with van der Waals surface area (Å²) >= 11 is -5.09. The first kappa shape index (κ1) is 32.2. The van der Waals surface area contributed by atoms with Crippen molar-refractivity contribution in [2.75, 3.05) is 0 Å². The zero-order valence-electron chi connectivity index (χ0n) is 28.3. The monoisotopic (exact) mass is 779 g/mol. The summed E-state index contributed by atoms with van der Waals surface area (Å²) in [5, 5.41) is 2.46. The molecule has 1 heterocycles. The van der Waals surface area contributed by atoms with Crippen LogP contribution in [0.2, 0.25) is 13.1 Å². The zero-order valence-corrected chi connectivity index (χ0v) is 33.3. The van der Waals surface area contributed by atoms with E-state index in [1.807, 2.05) is 0 Å². The molecule has 0 saturated heterocycles. The normalized spacial score (nSPS) is 17.1. The number of fused-ring (bicyclic) bond motifs is 5. The third kappa shape index (κ3) is 4.67. The third-order valence-corrected chi connectivity index (χ3v) is 58.0.